The number of hydrogen-bond acceptors (Lipinski definition) is 5. The van der Waals surface area contributed by atoms with Crippen LogP contribution in [0.5, 0.6) is 0 Å². The first-order valence-corrected chi connectivity index (χ1v) is 12.4. The quantitative estimate of drug-likeness (QED) is 0.442. The number of hydrogen-bond donors (Lipinski definition) is 0. The molecule has 1 aliphatic rings. The third-order valence-electron chi connectivity index (χ3n) is 5.98. The number of halogens is 3. The van der Waals surface area contributed by atoms with Gasteiger partial charge in [-0.3, -0.25) is 9.78 Å². The first-order chi connectivity index (χ1) is 16.8. The molecule has 1 aromatic heterocycles. The summed E-state index contributed by atoms with van der Waals surface area (Å²) in [5, 5.41) is 0. The van der Waals surface area contributed by atoms with Crippen LogP contribution in [-0.4, -0.2) is 41.3 Å². The van der Waals surface area contributed by atoms with Crippen molar-refractivity contribution >= 4 is 27.5 Å². The summed E-state index contributed by atoms with van der Waals surface area (Å²) in [6.45, 7) is 3.24. The smallest absolute Gasteiger partial charge is 0.305 e. The van der Waals surface area contributed by atoms with Gasteiger partial charge in [-0.1, -0.05) is 30.3 Å². The summed E-state index contributed by atoms with van der Waals surface area (Å²) >= 11 is 0. The van der Waals surface area contributed by atoms with Crippen LogP contribution < -0.4 is 4.90 Å². The van der Waals surface area contributed by atoms with Crippen molar-refractivity contribution in [3.8, 4) is 0 Å². The van der Waals surface area contributed by atoms with Gasteiger partial charge in [0.05, 0.1) is 10.6 Å². The highest BCUT2D eigenvalue weighted by molar-refractivity contribution is 7.92. The molecule has 0 bridgehead atoms. The molecule has 0 spiro atoms. The summed E-state index contributed by atoms with van der Waals surface area (Å²) in [7, 11) is -5.55. The van der Waals surface area contributed by atoms with Crippen LogP contribution in [0.15, 0.2) is 77.8 Å². The fourth-order valence-electron chi connectivity index (χ4n) is 3.95. The Labute approximate surface area is 206 Å². The molecule has 0 unspecified atom stereocenters. The number of carbonyl (C=O) groups excluding carboxylic acids is 2. The van der Waals surface area contributed by atoms with E-state index in [0.717, 1.165) is 46.0 Å². The largest absolute Gasteiger partial charge is 0.501 e. The van der Waals surface area contributed by atoms with Gasteiger partial charge in [0.1, 0.15) is 5.54 Å². The Morgan fingerprint density at radius 3 is 2.17 bits per heavy atom. The van der Waals surface area contributed by atoms with Crippen LogP contribution in [0.25, 0.3) is 0 Å². The Kier molecular flexibility index (Phi) is 6.38. The van der Waals surface area contributed by atoms with E-state index in [1.165, 1.54) is 4.90 Å². The van der Waals surface area contributed by atoms with Crippen LogP contribution in [0.1, 0.15) is 30.7 Å². The molecule has 11 heteroatoms. The molecule has 2 aromatic carbocycles. The third-order valence-corrected chi connectivity index (χ3v) is 7.49. The molecule has 1 fully saturated rings. The number of alkyl halides is 3. The SMILES string of the molecule is CC1(C)C(=O)N(c2ccc(S(=O)(=O)C(F)(F)F)cc2)C(=O)N1Cc1ccnc(Cc2ccccc2)c1. The molecule has 1 saturated heterocycles. The van der Waals surface area contributed by atoms with Crippen LogP contribution in [0, 0.1) is 0 Å². The minimum atomic E-state index is -5.55. The Bertz CT molecular complexity index is 1410. The highest BCUT2D eigenvalue weighted by Crippen LogP contribution is 2.35. The maximum absolute atomic E-state index is 13.3. The number of urea groups is 1. The van der Waals surface area contributed by atoms with Gasteiger partial charge in [-0.05, 0) is 61.4 Å². The number of nitrogens with zero attached hydrogens (tertiary/aromatic N) is 3. The second kappa shape index (κ2) is 9.05. The lowest BCUT2D eigenvalue weighted by molar-refractivity contribution is -0.123. The van der Waals surface area contributed by atoms with E-state index in [9.17, 15) is 31.2 Å². The molecule has 36 heavy (non-hydrogen) atoms. The third kappa shape index (κ3) is 4.58. The van der Waals surface area contributed by atoms with E-state index < -0.39 is 37.7 Å². The van der Waals surface area contributed by atoms with E-state index in [1.54, 1.807) is 26.1 Å². The number of amides is 3. The molecule has 1 aliphatic heterocycles. The fraction of sp³-hybridized carbons (Fsp3) is 0.240. The van der Waals surface area contributed by atoms with Crippen molar-refractivity contribution in [2.75, 3.05) is 4.90 Å². The second-order valence-corrected chi connectivity index (χ2v) is 10.8. The van der Waals surface area contributed by atoms with Gasteiger partial charge < -0.3 is 4.90 Å². The minimum absolute atomic E-state index is 0.0267. The van der Waals surface area contributed by atoms with Gasteiger partial charge in [0.15, 0.2) is 0 Å². The van der Waals surface area contributed by atoms with Gasteiger partial charge >= 0.3 is 11.5 Å². The molecular weight excluding hydrogens is 495 g/mol. The lowest BCUT2D eigenvalue weighted by Gasteiger charge is -2.27. The molecular formula is C25H22F3N3O4S. The van der Waals surface area contributed by atoms with E-state index in [0.29, 0.717) is 6.42 Å². The molecule has 0 saturated carbocycles. The number of rotatable bonds is 6. The molecule has 0 aliphatic carbocycles. The molecule has 7 nitrogen and oxygen atoms in total. The molecule has 0 radical (unpaired) electrons. The summed E-state index contributed by atoms with van der Waals surface area (Å²) in [6.07, 6.45) is 2.21. The van der Waals surface area contributed by atoms with Crippen molar-refractivity contribution in [2.45, 2.75) is 42.8 Å². The topological polar surface area (TPSA) is 87.7 Å². The molecule has 0 atom stereocenters. The molecule has 3 aromatic rings. The van der Waals surface area contributed by atoms with Gasteiger partial charge in [-0.25, -0.2) is 18.1 Å². The second-order valence-electron chi connectivity index (χ2n) is 8.83. The summed E-state index contributed by atoms with van der Waals surface area (Å²) in [5.41, 5.74) is -4.14. The van der Waals surface area contributed by atoms with Crippen molar-refractivity contribution in [3.05, 3.63) is 89.7 Å². The Morgan fingerprint density at radius 1 is 0.917 bits per heavy atom. The number of sulfone groups is 1. The Hall–Kier alpha value is -3.73. The van der Waals surface area contributed by atoms with Crippen LogP contribution in [0.4, 0.5) is 23.7 Å². The highest BCUT2D eigenvalue weighted by atomic mass is 32.2. The average Bonchev–Trinajstić information content (AvgIpc) is 2.98. The molecule has 188 valence electrons. The van der Waals surface area contributed by atoms with Crippen LogP contribution in [0.2, 0.25) is 0 Å². The van der Waals surface area contributed by atoms with Gasteiger partial charge in [0.25, 0.3) is 15.7 Å². The van der Waals surface area contributed by atoms with Gasteiger partial charge in [0.2, 0.25) is 0 Å². The Balaban J connectivity index is 1.58. The summed E-state index contributed by atoms with van der Waals surface area (Å²) in [4.78, 5) is 32.0. The maximum Gasteiger partial charge on any atom is 0.501 e. The van der Waals surface area contributed by atoms with Gasteiger partial charge in [-0.15, -0.1) is 0 Å². The van der Waals surface area contributed by atoms with Gasteiger partial charge in [0, 0.05) is 24.9 Å². The zero-order valence-electron chi connectivity index (χ0n) is 19.4. The standard InChI is InChI=1S/C25H22F3N3O4S/c1-24(2)22(32)31(20-8-10-21(11-9-20)36(34,35)25(26,27)28)23(33)30(24)16-18-12-13-29-19(15-18)14-17-6-4-3-5-7-17/h3-13,15H,14,16H2,1-2H3. The maximum atomic E-state index is 13.3. The van der Waals surface area contributed by atoms with Gasteiger partial charge in [-0.2, -0.15) is 13.2 Å². The molecule has 2 heterocycles. The van der Waals surface area contributed by atoms with E-state index in [4.69, 9.17) is 0 Å². The predicted octanol–water partition coefficient (Wildman–Crippen LogP) is 4.71. The summed E-state index contributed by atoms with van der Waals surface area (Å²) < 4.78 is 61.8. The number of imide groups is 1. The number of anilines is 1. The average molecular weight is 518 g/mol. The zero-order valence-corrected chi connectivity index (χ0v) is 20.2. The lowest BCUT2D eigenvalue weighted by Crippen LogP contribution is -2.43. The van der Waals surface area contributed by atoms with Crippen LogP contribution in [-0.2, 0) is 27.6 Å². The number of pyridine rings is 1. The predicted molar refractivity (Wildman–Crippen MR) is 126 cm³/mol. The van der Waals surface area contributed by atoms with E-state index in [-0.39, 0.29) is 12.2 Å². The molecule has 3 amide bonds. The first kappa shape index (κ1) is 25.4. The normalized spacial score (nSPS) is 16.0. The monoisotopic (exact) mass is 517 g/mol. The zero-order chi connectivity index (χ0) is 26.3. The summed E-state index contributed by atoms with van der Waals surface area (Å²) in [5.74, 6) is -0.586. The van der Waals surface area contributed by atoms with E-state index in [2.05, 4.69) is 4.98 Å². The molecule has 0 N–H and O–H groups in total. The van der Waals surface area contributed by atoms with Crippen molar-refractivity contribution in [2.24, 2.45) is 0 Å². The van der Waals surface area contributed by atoms with Crippen LogP contribution >= 0.6 is 0 Å². The first-order valence-electron chi connectivity index (χ1n) is 10.9. The van der Waals surface area contributed by atoms with Crippen LogP contribution in [0.3, 0.4) is 0 Å². The number of carbonyl (C=O) groups is 2. The number of benzene rings is 2. The number of aromatic nitrogens is 1. The fourth-order valence-corrected chi connectivity index (χ4v) is 4.71. The van der Waals surface area contributed by atoms with Crippen molar-refractivity contribution in [3.63, 3.8) is 0 Å². The van der Waals surface area contributed by atoms with Crippen molar-refractivity contribution in [1.29, 1.82) is 0 Å². The van der Waals surface area contributed by atoms with E-state index >= 15 is 0 Å². The van der Waals surface area contributed by atoms with E-state index in [1.807, 2.05) is 36.4 Å². The lowest BCUT2D eigenvalue weighted by atomic mass is 10.0. The minimum Gasteiger partial charge on any atom is -0.305 e. The Morgan fingerprint density at radius 2 is 1.56 bits per heavy atom. The van der Waals surface area contributed by atoms with Crippen molar-refractivity contribution in [1.82, 2.24) is 9.88 Å². The summed E-state index contributed by atoms with van der Waals surface area (Å²) in [6, 6.07) is 16.1. The molecule has 4 rings (SSSR count). The highest BCUT2D eigenvalue weighted by Gasteiger charge is 2.52. The van der Waals surface area contributed by atoms with Crippen molar-refractivity contribution < 1.29 is 31.2 Å².